The second-order valence-corrected chi connectivity index (χ2v) is 7.31. The Morgan fingerprint density at radius 3 is 2.96 bits per heavy atom. The number of likely N-dealkylation sites (tertiary alicyclic amines) is 1. The summed E-state index contributed by atoms with van der Waals surface area (Å²) in [6, 6.07) is 9.52. The minimum atomic E-state index is 0.00269. The molecule has 2 aliphatic rings. The van der Waals surface area contributed by atoms with Gasteiger partial charge in [0.1, 0.15) is 5.75 Å². The highest BCUT2D eigenvalue weighted by molar-refractivity contribution is 5.94. The molecule has 4 heteroatoms. The molecule has 2 bridgehead atoms. The lowest BCUT2D eigenvalue weighted by atomic mass is 9.59. The van der Waals surface area contributed by atoms with Crippen molar-refractivity contribution in [2.45, 2.75) is 38.1 Å². The van der Waals surface area contributed by atoms with Crippen LogP contribution in [0.3, 0.4) is 0 Å². The first-order valence-electron chi connectivity index (χ1n) is 8.54. The van der Waals surface area contributed by atoms with Crippen LogP contribution in [0.25, 0.3) is 0 Å². The number of aromatic hydroxyl groups is 1. The first-order chi connectivity index (χ1) is 11.5. The minimum Gasteiger partial charge on any atom is -0.508 e. The first kappa shape index (κ1) is 15.2. The van der Waals surface area contributed by atoms with Crippen LogP contribution in [-0.4, -0.2) is 33.5 Å². The highest BCUT2D eigenvalue weighted by Gasteiger charge is 2.49. The van der Waals surface area contributed by atoms with Crippen LogP contribution in [0.1, 0.15) is 41.8 Å². The number of rotatable bonds is 1. The molecule has 0 radical (unpaired) electrons. The summed E-state index contributed by atoms with van der Waals surface area (Å²) in [7, 11) is 0. The number of aromatic nitrogens is 1. The van der Waals surface area contributed by atoms with Gasteiger partial charge in [-0.15, -0.1) is 0 Å². The SMILES string of the molecule is C[C@H]1[C@H]2Cc3ccc(O)cc3[C@]1(C)CCN2C(=O)c1cccnc1. The lowest BCUT2D eigenvalue weighted by Gasteiger charge is -2.54. The fourth-order valence-electron chi connectivity index (χ4n) is 4.51. The van der Waals surface area contributed by atoms with Crippen LogP contribution in [0.2, 0.25) is 0 Å². The van der Waals surface area contributed by atoms with Crippen LogP contribution in [0.5, 0.6) is 5.75 Å². The van der Waals surface area contributed by atoms with Crippen LogP contribution in [0, 0.1) is 5.92 Å². The van der Waals surface area contributed by atoms with Gasteiger partial charge in [0.25, 0.3) is 5.91 Å². The van der Waals surface area contributed by atoms with Crippen LogP contribution < -0.4 is 0 Å². The average molecular weight is 322 g/mol. The van der Waals surface area contributed by atoms with Crippen LogP contribution in [0.4, 0.5) is 0 Å². The molecule has 1 aromatic carbocycles. The normalized spacial score (nSPS) is 28.3. The summed E-state index contributed by atoms with van der Waals surface area (Å²) < 4.78 is 0. The largest absolute Gasteiger partial charge is 0.508 e. The van der Waals surface area contributed by atoms with Gasteiger partial charge in [0, 0.05) is 25.0 Å². The highest BCUT2D eigenvalue weighted by Crippen LogP contribution is 2.49. The number of amides is 1. The zero-order valence-electron chi connectivity index (χ0n) is 14.1. The zero-order valence-corrected chi connectivity index (χ0v) is 14.1. The molecule has 1 fully saturated rings. The standard InChI is InChI=1S/C20H22N2O2/c1-13-18-10-14-5-6-16(23)11-17(14)20(13,2)7-9-22(18)19(24)15-4-3-8-21-12-15/h3-6,8,11-13,18,23H,7,9-10H2,1-2H3/t13-,18+,20+/m0/s1. The maximum atomic E-state index is 13.0. The number of carbonyl (C=O) groups is 1. The van der Waals surface area contributed by atoms with E-state index in [2.05, 4.69) is 18.8 Å². The van der Waals surface area contributed by atoms with Crippen molar-refractivity contribution in [3.63, 3.8) is 0 Å². The Balaban J connectivity index is 1.73. The predicted octanol–water partition coefficient (Wildman–Crippen LogP) is 3.15. The first-order valence-corrected chi connectivity index (χ1v) is 8.54. The summed E-state index contributed by atoms with van der Waals surface area (Å²) in [5.74, 6) is 0.750. The van der Waals surface area contributed by atoms with Crippen LogP contribution in [0.15, 0.2) is 42.7 Å². The Bertz CT molecular complexity index is 789. The fourth-order valence-corrected chi connectivity index (χ4v) is 4.51. The van der Waals surface area contributed by atoms with E-state index < -0.39 is 0 Å². The molecule has 3 atom stereocenters. The molecule has 1 saturated heterocycles. The van der Waals surface area contributed by atoms with E-state index in [0.29, 0.717) is 17.2 Å². The number of carbonyl (C=O) groups excluding carboxylic acids is 1. The van der Waals surface area contributed by atoms with Gasteiger partial charge in [0.15, 0.2) is 0 Å². The molecule has 4 nitrogen and oxygen atoms in total. The third-order valence-corrected chi connectivity index (χ3v) is 6.16. The van der Waals surface area contributed by atoms with E-state index in [4.69, 9.17) is 0 Å². The Hall–Kier alpha value is -2.36. The van der Waals surface area contributed by atoms with E-state index in [1.165, 1.54) is 11.1 Å². The van der Waals surface area contributed by atoms with Crippen LogP contribution >= 0.6 is 0 Å². The van der Waals surface area contributed by atoms with Gasteiger partial charge < -0.3 is 10.0 Å². The van der Waals surface area contributed by atoms with Gasteiger partial charge in [0.05, 0.1) is 5.56 Å². The topological polar surface area (TPSA) is 53.4 Å². The summed E-state index contributed by atoms with van der Waals surface area (Å²) in [4.78, 5) is 19.1. The second kappa shape index (κ2) is 5.33. The molecule has 0 saturated carbocycles. The summed E-state index contributed by atoms with van der Waals surface area (Å²) in [5.41, 5.74) is 3.16. The monoisotopic (exact) mass is 322 g/mol. The van der Waals surface area contributed by atoms with Gasteiger partial charge in [-0.3, -0.25) is 9.78 Å². The van der Waals surface area contributed by atoms with Crippen molar-refractivity contribution in [3.8, 4) is 5.75 Å². The summed E-state index contributed by atoms with van der Waals surface area (Å²) in [5, 5.41) is 9.90. The number of phenols is 1. The summed E-state index contributed by atoms with van der Waals surface area (Å²) in [6.45, 7) is 5.25. The number of benzene rings is 1. The van der Waals surface area contributed by atoms with Gasteiger partial charge in [-0.1, -0.05) is 19.9 Å². The van der Waals surface area contributed by atoms with Crippen molar-refractivity contribution in [2.75, 3.05) is 6.54 Å². The lowest BCUT2D eigenvalue weighted by molar-refractivity contribution is 0.0249. The number of pyridine rings is 1. The number of fused-ring (bicyclic) bond motifs is 4. The third kappa shape index (κ3) is 2.13. The lowest BCUT2D eigenvalue weighted by Crippen LogP contribution is -2.59. The molecule has 2 heterocycles. The number of hydrogen-bond acceptors (Lipinski definition) is 3. The molecule has 2 aromatic rings. The second-order valence-electron chi connectivity index (χ2n) is 7.31. The number of piperidine rings is 1. The summed E-state index contributed by atoms with van der Waals surface area (Å²) >= 11 is 0. The molecular formula is C20H22N2O2. The van der Waals surface area contributed by atoms with E-state index in [9.17, 15) is 9.90 Å². The highest BCUT2D eigenvalue weighted by atomic mass is 16.3. The molecular weight excluding hydrogens is 300 g/mol. The molecule has 124 valence electrons. The Labute approximate surface area is 142 Å². The van der Waals surface area contributed by atoms with E-state index in [1.54, 1.807) is 18.5 Å². The third-order valence-electron chi connectivity index (χ3n) is 6.16. The average Bonchev–Trinajstić information content (AvgIpc) is 2.59. The molecule has 1 amide bonds. The van der Waals surface area contributed by atoms with Gasteiger partial charge in [0.2, 0.25) is 0 Å². The molecule has 1 aromatic heterocycles. The number of phenolic OH excluding ortho intramolecular Hbond substituents is 1. The molecule has 0 unspecified atom stereocenters. The molecule has 4 rings (SSSR count). The van der Waals surface area contributed by atoms with Gasteiger partial charge in [-0.05, 0) is 59.6 Å². The van der Waals surface area contributed by atoms with Crippen molar-refractivity contribution in [1.29, 1.82) is 0 Å². The van der Waals surface area contributed by atoms with E-state index in [1.807, 2.05) is 29.2 Å². The Kier molecular flexibility index (Phi) is 3.37. The smallest absolute Gasteiger partial charge is 0.255 e. The quantitative estimate of drug-likeness (QED) is 0.877. The Morgan fingerprint density at radius 1 is 1.38 bits per heavy atom. The van der Waals surface area contributed by atoms with E-state index in [-0.39, 0.29) is 17.4 Å². The molecule has 1 N–H and O–H groups in total. The van der Waals surface area contributed by atoms with Crippen molar-refractivity contribution >= 4 is 5.91 Å². The zero-order chi connectivity index (χ0) is 16.9. The summed E-state index contributed by atoms with van der Waals surface area (Å²) in [6.07, 6.45) is 5.09. The Morgan fingerprint density at radius 2 is 2.21 bits per heavy atom. The van der Waals surface area contributed by atoms with E-state index >= 15 is 0 Å². The van der Waals surface area contributed by atoms with Gasteiger partial charge in [-0.25, -0.2) is 0 Å². The maximum Gasteiger partial charge on any atom is 0.255 e. The fraction of sp³-hybridized carbons (Fsp3) is 0.400. The molecule has 0 spiro atoms. The minimum absolute atomic E-state index is 0.00269. The van der Waals surface area contributed by atoms with Crippen molar-refractivity contribution in [3.05, 3.63) is 59.4 Å². The maximum absolute atomic E-state index is 13.0. The van der Waals surface area contributed by atoms with Crippen molar-refractivity contribution in [2.24, 2.45) is 5.92 Å². The number of hydrogen-bond donors (Lipinski definition) is 1. The van der Waals surface area contributed by atoms with Crippen LogP contribution in [-0.2, 0) is 11.8 Å². The molecule has 1 aliphatic carbocycles. The number of nitrogens with zero attached hydrogens (tertiary/aromatic N) is 2. The van der Waals surface area contributed by atoms with E-state index in [0.717, 1.165) is 19.4 Å². The molecule has 1 aliphatic heterocycles. The van der Waals surface area contributed by atoms with Crippen molar-refractivity contribution in [1.82, 2.24) is 9.88 Å². The van der Waals surface area contributed by atoms with Gasteiger partial charge >= 0.3 is 0 Å². The predicted molar refractivity (Wildman–Crippen MR) is 92.0 cm³/mol. The van der Waals surface area contributed by atoms with Gasteiger partial charge in [-0.2, -0.15) is 0 Å². The molecule has 24 heavy (non-hydrogen) atoms. The van der Waals surface area contributed by atoms with Crippen molar-refractivity contribution < 1.29 is 9.90 Å².